The molecule has 0 radical (unpaired) electrons. The number of dihydropyridines is 1. The first-order valence-electron chi connectivity index (χ1n) is 7.33. The van der Waals surface area contributed by atoms with E-state index in [0.717, 1.165) is 0 Å². The summed E-state index contributed by atoms with van der Waals surface area (Å²) in [6.07, 6.45) is 8.50. The number of piperidine rings is 1. The second kappa shape index (κ2) is 5.05. The van der Waals surface area contributed by atoms with Crippen molar-refractivity contribution in [1.29, 1.82) is 0 Å². The fourth-order valence-electron chi connectivity index (χ4n) is 3.61. The highest BCUT2D eigenvalue weighted by molar-refractivity contribution is 5.36. The van der Waals surface area contributed by atoms with E-state index in [0.29, 0.717) is 30.8 Å². The van der Waals surface area contributed by atoms with E-state index < -0.39 is 0 Å². The summed E-state index contributed by atoms with van der Waals surface area (Å²) < 4.78 is 1.20. The van der Waals surface area contributed by atoms with Gasteiger partial charge in [0.2, 0.25) is 6.54 Å². The maximum absolute atomic E-state index is 12.0. The van der Waals surface area contributed by atoms with Gasteiger partial charge in [-0.2, -0.15) is 0 Å². The highest BCUT2D eigenvalue weighted by Gasteiger charge is 2.46. The first kappa shape index (κ1) is 13.4. The topological polar surface area (TPSA) is 47.4 Å². The molecule has 0 aromatic carbocycles. The summed E-state index contributed by atoms with van der Waals surface area (Å²) in [5, 5.41) is 5.46. The van der Waals surface area contributed by atoms with E-state index >= 15 is 0 Å². The molecule has 5 nitrogen and oxygen atoms in total. The van der Waals surface area contributed by atoms with Gasteiger partial charge in [0.15, 0.2) is 6.54 Å². The summed E-state index contributed by atoms with van der Waals surface area (Å²) in [4.78, 5) is 12.0. The zero-order valence-corrected chi connectivity index (χ0v) is 12.3. The number of nitrogens with zero attached hydrogens (tertiary/aromatic N) is 2. The maximum atomic E-state index is 12.0. The molecule has 3 heterocycles. The van der Waals surface area contributed by atoms with Crippen LogP contribution in [-0.4, -0.2) is 36.1 Å². The largest absolute Gasteiger partial charge is 0.367 e. The van der Waals surface area contributed by atoms with Crippen LogP contribution in [0.4, 0.5) is 0 Å². The third kappa shape index (κ3) is 2.06. The lowest BCUT2D eigenvalue weighted by molar-refractivity contribution is -0.559. The van der Waals surface area contributed by atoms with E-state index in [2.05, 4.69) is 48.0 Å². The highest BCUT2D eigenvalue weighted by Crippen LogP contribution is 2.41. The van der Waals surface area contributed by atoms with Gasteiger partial charge in [0, 0.05) is 40.3 Å². The number of allylic oxidation sites excluding steroid dienone is 2. The second-order valence-corrected chi connectivity index (χ2v) is 6.14. The molecule has 3 aliphatic heterocycles. The van der Waals surface area contributed by atoms with Gasteiger partial charge in [-0.25, -0.2) is 5.43 Å². The fraction of sp³-hybridized carbons (Fsp3) is 0.600. The molecule has 0 aliphatic carbocycles. The minimum Gasteiger partial charge on any atom is -0.367 e. The number of rotatable bonds is 2. The quantitative estimate of drug-likeness (QED) is 0.747. The van der Waals surface area contributed by atoms with Crippen LogP contribution in [0.15, 0.2) is 35.7 Å². The minimum atomic E-state index is 0.151. The zero-order chi connectivity index (χ0) is 14.3. The van der Waals surface area contributed by atoms with Crippen LogP contribution >= 0.6 is 0 Å². The normalized spacial score (nSPS) is 32.3. The predicted octanol–water partition coefficient (Wildman–Crippen LogP) is 1.37. The molecule has 0 aromatic heterocycles. The standard InChI is InChI=1S/C15H23N4O/c1-10(2)13-9-18(20)7-11-8-19(16-3)15-12(14(11)13)5-4-6-17-15/h4-6,8,10,13-17H,7,9H2,1-3H3/q+1. The molecule has 0 saturated carbocycles. The predicted molar refractivity (Wildman–Crippen MR) is 78.3 cm³/mol. The lowest BCUT2D eigenvalue weighted by Crippen LogP contribution is -2.56. The highest BCUT2D eigenvalue weighted by atomic mass is 16.3. The van der Waals surface area contributed by atoms with Crippen molar-refractivity contribution in [2.75, 3.05) is 20.1 Å². The molecular weight excluding hydrogens is 252 g/mol. The van der Waals surface area contributed by atoms with Gasteiger partial charge < -0.3 is 5.32 Å². The number of fused-ring (bicyclic) bond motifs is 3. The van der Waals surface area contributed by atoms with Gasteiger partial charge in [0.1, 0.15) is 6.17 Å². The van der Waals surface area contributed by atoms with E-state index in [-0.39, 0.29) is 6.17 Å². The van der Waals surface area contributed by atoms with Gasteiger partial charge in [-0.1, -0.05) is 19.9 Å². The Balaban J connectivity index is 2.05. The van der Waals surface area contributed by atoms with Crippen molar-refractivity contribution in [2.45, 2.75) is 20.0 Å². The SMILES string of the molecule is CNN1C=C2C[N+](=O)CC(C(C)C)C2C2=CC=CNC21. The first-order chi connectivity index (χ1) is 9.61. The average molecular weight is 275 g/mol. The number of hydrazine groups is 1. The first-order valence-corrected chi connectivity index (χ1v) is 7.33. The lowest BCUT2D eigenvalue weighted by Gasteiger charge is -2.45. The molecule has 3 rings (SSSR count). The lowest BCUT2D eigenvalue weighted by atomic mass is 9.70. The van der Waals surface area contributed by atoms with Gasteiger partial charge in [-0.15, -0.1) is 0 Å². The number of hydrogen-bond donors (Lipinski definition) is 2. The van der Waals surface area contributed by atoms with Gasteiger partial charge >= 0.3 is 0 Å². The Hall–Kier alpha value is -1.62. The van der Waals surface area contributed by atoms with Gasteiger partial charge in [0.05, 0.1) is 0 Å². The van der Waals surface area contributed by atoms with Crippen LogP contribution in [0.25, 0.3) is 0 Å². The number of hydrogen-bond acceptors (Lipinski definition) is 4. The Morgan fingerprint density at radius 2 is 2.30 bits per heavy atom. The molecule has 2 N–H and O–H groups in total. The van der Waals surface area contributed by atoms with E-state index in [1.165, 1.54) is 15.9 Å². The molecule has 1 fully saturated rings. The summed E-state index contributed by atoms with van der Waals surface area (Å²) in [5.74, 6) is 1.26. The van der Waals surface area contributed by atoms with Crippen LogP contribution in [0.3, 0.4) is 0 Å². The van der Waals surface area contributed by atoms with Gasteiger partial charge in [-0.3, -0.25) is 5.01 Å². The third-order valence-electron chi connectivity index (χ3n) is 4.61. The van der Waals surface area contributed by atoms with Crippen molar-refractivity contribution < 1.29 is 4.76 Å². The zero-order valence-electron chi connectivity index (χ0n) is 12.3. The molecule has 0 amide bonds. The van der Waals surface area contributed by atoms with Crippen molar-refractivity contribution >= 4 is 0 Å². The average Bonchev–Trinajstić information content (AvgIpc) is 2.45. The van der Waals surface area contributed by atoms with Crippen molar-refractivity contribution in [3.05, 3.63) is 40.6 Å². The second-order valence-electron chi connectivity index (χ2n) is 6.14. The van der Waals surface area contributed by atoms with Crippen LogP contribution in [0.5, 0.6) is 0 Å². The van der Waals surface area contributed by atoms with Crippen LogP contribution in [0.1, 0.15) is 13.8 Å². The summed E-state index contributed by atoms with van der Waals surface area (Å²) in [5.41, 5.74) is 5.78. The summed E-state index contributed by atoms with van der Waals surface area (Å²) in [6.45, 7) is 5.58. The molecule has 20 heavy (non-hydrogen) atoms. The molecule has 0 spiro atoms. The van der Waals surface area contributed by atoms with Crippen molar-refractivity contribution in [3.63, 3.8) is 0 Å². The molecule has 0 bridgehead atoms. The smallest absolute Gasteiger partial charge is 0.215 e. The molecule has 3 aliphatic rings. The molecule has 108 valence electrons. The molecule has 0 aromatic rings. The maximum Gasteiger partial charge on any atom is 0.215 e. The molecule has 3 atom stereocenters. The monoisotopic (exact) mass is 275 g/mol. The van der Waals surface area contributed by atoms with Crippen molar-refractivity contribution in [2.24, 2.45) is 17.8 Å². The van der Waals surface area contributed by atoms with Crippen molar-refractivity contribution in [3.8, 4) is 0 Å². The molecular formula is C15H23N4O+. The van der Waals surface area contributed by atoms with E-state index in [9.17, 15) is 4.91 Å². The summed E-state index contributed by atoms with van der Waals surface area (Å²) in [7, 11) is 1.91. The Bertz CT molecular complexity index is 506. The van der Waals surface area contributed by atoms with E-state index in [1.54, 1.807) is 0 Å². The summed E-state index contributed by atoms with van der Waals surface area (Å²) >= 11 is 0. The fourth-order valence-corrected chi connectivity index (χ4v) is 3.61. The number of nitroso groups, excluding NO2 is 1. The van der Waals surface area contributed by atoms with Crippen LogP contribution < -0.4 is 10.7 Å². The van der Waals surface area contributed by atoms with Gasteiger partial charge in [0.25, 0.3) is 0 Å². The third-order valence-corrected chi connectivity index (χ3v) is 4.61. The molecule has 5 heteroatoms. The Kier molecular flexibility index (Phi) is 3.38. The van der Waals surface area contributed by atoms with Gasteiger partial charge in [-0.05, 0) is 23.8 Å². The Morgan fingerprint density at radius 3 is 3.00 bits per heavy atom. The summed E-state index contributed by atoms with van der Waals surface area (Å²) in [6, 6.07) is 0. The Labute approximate surface area is 119 Å². The minimum absolute atomic E-state index is 0.151. The Morgan fingerprint density at radius 1 is 1.50 bits per heavy atom. The van der Waals surface area contributed by atoms with Crippen LogP contribution in [0.2, 0.25) is 0 Å². The molecule has 1 saturated heterocycles. The van der Waals surface area contributed by atoms with Crippen molar-refractivity contribution in [1.82, 2.24) is 15.8 Å². The van der Waals surface area contributed by atoms with E-state index in [4.69, 9.17) is 0 Å². The van der Waals surface area contributed by atoms with Crippen LogP contribution in [0, 0.1) is 22.7 Å². The van der Waals surface area contributed by atoms with E-state index in [1.807, 2.05) is 13.2 Å². The molecule has 3 unspecified atom stereocenters. The van der Waals surface area contributed by atoms with Crippen LogP contribution in [-0.2, 0) is 0 Å². The number of nitrogens with one attached hydrogen (secondary N) is 2.